The molecule has 1 saturated heterocycles. The Morgan fingerprint density at radius 1 is 1.73 bits per heavy atom. The molecule has 0 aromatic carbocycles. The molecule has 4 nitrogen and oxygen atoms in total. The van der Waals surface area contributed by atoms with Crippen LogP contribution in [0, 0.1) is 0 Å². The van der Waals surface area contributed by atoms with Crippen LogP contribution in [-0.2, 0) is 9.53 Å². The van der Waals surface area contributed by atoms with Gasteiger partial charge in [-0.1, -0.05) is 0 Å². The van der Waals surface area contributed by atoms with Crippen LogP contribution in [0.15, 0.2) is 0 Å². The number of nitrogens with one attached hydrogen (secondary N) is 1. The summed E-state index contributed by atoms with van der Waals surface area (Å²) in [5, 5.41) is 6.66. The maximum absolute atomic E-state index is 11.2. The predicted octanol–water partition coefficient (Wildman–Crippen LogP) is -0.874. The Labute approximate surface area is 66.3 Å². The third-order valence-electron chi connectivity index (χ3n) is 1.79. The number of carbonyl (C=O) groups is 1. The minimum Gasteiger partial charge on any atom is -0.363 e. The third-order valence-corrected chi connectivity index (χ3v) is 1.79. The summed E-state index contributed by atoms with van der Waals surface area (Å²) in [4.78, 5) is 11.2. The summed E-state index contributed by atoms with van der Waals surface area (Å²) in [5.74, 6) is -0.0963. The highest BCUT2D eigenvalue weighted by atomic mass is 16.5. The van der Waals surface area contributed by atoms with Crippen molar-refractivity contribution in [2.24, 2.45) is 0 Å². The molecule has 4 heteroatoms. The molecule has 0 spiro atoms. The Balaban J connectivity index is 2.56. The zero-order valence-corrected chi connectivity index (χ0v) is 6.89. The first-order chi connectivity index (χ1) is 5.19. The van der Waals surface area contributed by atoms with Crippen LogP contribution in [0.2, 0.25) is 0 Å². The smallest absolute Gasteiger partial charge is 0.253 e. The fourth-order valence-electron chi connectivity index (χ4n) is 1.08. The van der Waals surface area contributed by atoms with Crippen molar-refractivity contribution in [2.45, 2.75) is 12.5 Å². The second-order valence-corrected chi connectivity index (χ2v) is 2.76. The summed E-state index contributed by atoms with van der Waals surface area (Å²) in [6.07, 6.45) is 0. The van der Waals surface area contributed by atoms with Crippen LogP contribution in [-0.4, -0.2) is 38.3 Å². The van der Waals surface area contributed by atoms with E-state index in [4.69, 9.17) is 4.74 Å². The van der Waals surface area contributed by atoms with E-state index in [9.17, 15) is 4.79 Å². The van der Waals surface area contributed by atoms with Gasteiger partial charge in [-0.3, -0.25) is 4.79 Å². The van der Waals surface area contributed by atoms with Gasteiger partial charge < -0.3 is 10.1 Å². The molecule has 1 fully saturated rings. The molecule has 0 saturated carbocycles. The molecular formula is C7H13N2O2. The van der Waals surface area contributed by atoms with E-state index < -0.39 is 5.60 Å². The summed E-state index contributed by atoms with van der Waals surface area (Å²) in [6.45, 7) is 3.47. The molecule has 1 atom stereocenters. The first kappa shape index (κ1) is 8.49. The second kappa shape index (κ2) is 3.19. The van der Waals surface area contributed by atoms with Crippen molar-refractivity contribution in [3.05, 3.63) is 0 Å². The summed E-state index contributed by atoms with van der Waals surface area (Å²) >= 11 is 0. The molecule has 1 unspecified atom stereocenters. The molecule has 1 radical (unpaired) electrons. The molecule has 0 aromatic heterocycles. The molecule has 1 aliphatic heterocycles. The Kier molecular flexibility index (Phi) is 2.46. The molecule has 1 N–H and O–H groups in total. The molecular weight excluding hydrogens is 144 g/mol. The molecule has 1 rings (SSSR count). The number of morpholine rings is 1. The van der Waals surface area contributed by atoms with Crippen molar-refractivity contribution >= 4 is 5.91 Å². The topological polar surface area (TPSA) is 52.4 Å². The Morgan fingerprint density at radius 3 is 2.91 bits per heavy atom. The van der Waals surface area contributed by atoms with Crippen LogP contribution in [0.25, 0.3) is 0 Å². The molecule has 0 aromatic rings. The number of carbonyl (C=O) groups excluding carboxylic acids is 1. The van der Waals surface area contributed by atoms with E-state index in [0.29, 0.717) is 19.7 Å². The van der Waals surface area contributed by atoms with Gasteiger partial charge in [0.1, 0.15) is 0 Å². The van der Waals surface area contributed by atoms with Crippen LogP contribution in [0.5, 0.6) is 0 Å². The zero-order chi connectivity index (χ0) is 8.32. The summed E-state index contributed by atoms with van der Waals surface area (Å²) < 4.78 is 5.31. The number of nitrogens with zero attached hydrogens (tertiary/aromatic N) is 1. The highest BCUT2D eigenvalue weighted by molar-refractivity contribution is 5.84. The Hall–Kier alpha value is -0.610. The summed E-state index contributed by atoms with van der Waals surface area (Å²) in [6, 6.07) is 0. The maximum atomic E-state index is 11.2. The maximum Gasteiger partial charge on any atom is 0.253 e. The minimum atomic E-state index is -0.729. The zero-order valence-electron chi connectivity index (χ0n) is 6.89. The van der Waals surface area contributed by atoms with E-state index in [1.807, 2.05) is 0 Å². The average molecular weight is 157 g/mol. The van der Waals surface area contributed by atoms with Crippen molar-refractivity contribution in [1.82, 2.24) is 10.6 Å². The Bertz CT molecular complexity index is 153. The lowest BCUT2D eigenvalue weighted by Gasteiger charge is -2.31. The minimum absolute atomic E-state index is 0.0963. The fraction of sp³-hybridized carbons (Fsp3) is 0.857. The SMILES string of the molecule is CNC(=O)C1(C)C[N]CCO1. The Morgan fingerprint density at radius 2 is 2.45 bits per heavy atom. The van der Waals surface area contributed by atoms with Crippen molar-refractivity contribution < 1.29 is 9.53 Å². The standard InChI is InChI=1S/C7H13N2O2/c1-7(6(10)8-2)5-9-3-4-11-7/h3-5H2,1-2H3,(H,8,10). The van der Waals surface area contributed by atoms with Gasteiger partial charge in [-0.2, -0.15) is 0 Å². The van der Waals surface area contributed by atoms with Crippen LogP contribution < -0.4 is 10.6 Å². The lowest BCUT2D eigenvalue weighted by molar-refractivity contribution is -0.147. The highest BCUT2D eigenvalue weighted by Crippen LogP contribution is 2.12. The third kappa shape index (κ3) is 1.70. The van der Waals surface area contributed by atoms with Crippen molar-refractivity contribution in [2.75, 3.05) is 26.7 Å². The molecule has 0 aliphatic carbocycles. The van der Waals surface area contributed by atoms with E-state index in [0.717, 1.165) is 0 Å². The van der Waals surface area contributed by atoms with Gasteiger partial charge >= 0.3 is 0 Å². The first-order valence-corrected chi connectivity index (χ1v) is 3.68. The van der Waals surface area contributed by atoms with Gasteiger partial charge in [0.25, 0.3) is 5.91 Å². The number of hydrogen-bond acceptors (Lipinski definition) is 2. The van der Waals surface area contributed by atoms with E-state index in [2.05, 4.69) is 10.6 Å². The predicted molar refractivity (Wildman–Crippen MR) is 40.3 cm³/mol. The van der Waals surface area contributed by atoms with Crippen molar-refractivity contribution in [1.29, 1.82) is 0 Å². The summed E-state index contributed by atoms with van der Waals surface area (Å²) in [7, 11) is 1.60. The van der Waals surface area contributed by atoms with Crippen molar-refractivity contribution in [3.63, 3.8) is 0 Å². The largest absolute Gasteiger partial charge is 0.363 e. The second-order valence-electron chi connectivity index (χ2n) is 2.76. The summed E-state index contributed by atoms with van der Waals surface area (Å²) in [5.41, 5.74) is -0.729. The van der Waals surface area contributed by atoms with Crippen LogP contribution in [0.1, 0.15) is 6.92 Å². The number of likely N-dealkylation sites (N-methyl/N-ethyl adjacent to an activating group) is 1. The lowest BCUT2D eigenvalue weighted by Crippen LogP contribution is -2.54. The molecule has 1 heterocycles. The lowest BCUT2D eigenvalue weighted by atomic mass is 10.1. The first-order valence-electron chi connectivity index (χ1n) is 3.68. The van der Waals surface area contributed by atoms with Gasteiger partial charge in [-0.05, 0) is 6.92 Å². The van der Waals surface area contributed by atoms with E-state index in [1.165, 1.54) is 0 Å². The van der Waals surface area contributed by atoms with Crippen LogP contribution in [0.4, 0.5) is 0 Å². The number of ether oxygens (including phenoxy) is 1. The van der Waals surface area contributed by atoms with Crippen molar-refractivity contribution in [3.8, 4) is 0 Å². The van der Waals surface area contributed by atoms with Gasteiger partial charge in [0.15, 0.2) is 5.60 Å². The molecule has 1 aliphatic rings. The number of hydrogen-bond donors (Lipinski definition) is 1. The van der Waals surface area contributed by atoms with Gasteiger partial charge in [0, 0.05) is 13.6 Å². The monoisotopic (exact) mass is 157 g/mol. The van der Waals surface area contributed by atoms with E-state index in [-0.39, 0.29) is 5.91 Å². The van der Waals surface area contributed by atoms with Gasteiger partial charge in [0.05, 0.1) is 13.2 Å². The van der Waals surface area contributed by atoms with Gasteiger partial charge in [-0.15, -0.1) is 0 Å². The van der Waals surface area contributed by atoms with Crippen LogP contribution in [0.3, 0.4) is 0 Å². The van der Waals surface area contributed by atoms with E-state index >= 15 is 0 Å². The van der Waals surface area contributed by atoms with E-state index in [1.54, 1.807) is 14.0 Å². The highest BCUT2D eigenvalue weighted by Gasteiger charge is 2.35. The average Bonchev–Trinajstić information content (AvgIpc) is 2.04. The fourth-order valence-corrected chi connectivity index (χ4v) is 1.08. The molecule has 0 bridgehead atoms. The number of rotatable bonds is 1. The molecule has 63 valence electrons. The molecule has 11 heavy (non-hydrogen) atoms. The van der Waals surface area contributed by atoms with Gasteiger partial charge in [-0.25, -0.2) is 5.32 Å². The number of amides is 1. The quantitative estimate of drug-likeness (QED) is 0.537. The normalized spacial score (nSPS) is 31.5. The van der Waals surface area contributed by atoms with Crippen LogP contribution >= 0.6 is 0 Å². The van der Waals surface area contributed by atoms with Gasteiger partial charge in [0.2, 0.25) is 0 Å². The molecule has 1 amide bonds.